The predicted molar refractivity (Wildman–Crippen MR) is 62.9 cm³/mol. The van der Waals surface area contributed by atoms with Crippen molar-refractivity contribution in [3.8, 4) is 0 Å². The third-order valence-corrected chi connectivity index (χ3v) is 3.26. The van der Waals surface area contributed by atoms with Crippen molar-refractivity contribution in [2.45, 2.75) is 18.2 Å². The molecule has 78 valence electrons. The summed E-state index contributed by atoms with van der Waals surface area (Å²) in [5.74, 6) is -0.215. The van der Waals surface area contributed by atoms with Crippen LogP contribution in [0.5, 0.6) is 0 Å². The highest BCUT2D eigenvalue weighted by Crippen LogP contribution is 2.26. The fourth-order valence-electron chi connectivity index (χ4n) is 1.07. The molecule has 0 unspecified atom stereocenters. The molecule has 0 amide bonds. The molecule has 1 rings (SSSR count). The van der Waals surface area contributed by atoms with Crippen LogP contribution in [-0.2, 0) is 0 Å². The van der Waals surface area contributed by atoms with Crippen molar-refractivity contribution in [1.82, 2.24) is 4.31 Å². The Labute approximate surface area is 96.9 Å². The predicted octanol–water partition coefficient (Wildman–Crippen LogP) is 3.94. The van der Waals surface area contributed by atoms with Gasteiger partial charge in [-0.25, -0.2) is 8.70 Å². The lowest BCUT2D eigenvalue weighted by atomic mass is 10.3. The number of hydrogen-bond acceptors (Lipinski definition) is 2. The van der Waals surface area contributed by atoms with Crippen LogP contribution in [0.1, 0.15) is 13.3 Å². The molecule has 0 aliphatic carbocycles. The van der Waals surface area contributed by atoms with Gasteiger partial charge in [-0.15, -0.1) is 0 Å². The van der Waals surface area contributed by atoms with E-state index < -0.39 is 0 Å². The van der Waals surface area contributed by atoms with Gasteiger partial charge in [0.2, 0.25) is 0 Å². The Morgan fingerprint density at radius 2 is 2.21 bits per heavy atom. The van der Waals surface area contributed by atoms with Gasteiger partial charge in [0.25, 0.3) is 0 Å². The van der Waals surface area contributed by atoms with Gasteiger partial charge in [-0.05, 0) is 59.5 Å². The Morgan fingerprint density at radius 1 is 1.50 bits per heavy atom. The van der Waals surface area contributed by atoms with Gasteiger partial charge >= 0.3 is 0 Å². The molecule has 0 heterocycles. The topological polar surface area (TPSA) is 3.24 Å². The minimum Gasteiger partial charge on any atom is -0.249 e. The molecule has 0 atom stereocenters. The Hall–Kier alpha value is -0.0600. The molecule has 0 spiro atoms. The fourth-order valence-corrected chi connectivity index (χ4v) is 2.54. The molecule has 0 N–H and O–H groups in total. The first kappa shape index (κ1) is 12.0. The first-order valence-corrected chi connectivity index (χ1v) is 6.04. The van der Waals surface area contributed by atoms with E-state index in [1.807, 2.05) is 7.05 Å². The fraction of sp³-hybridized carbons (Fsp3) is 0.400. The number of halogens is 2. The van der Waals surface area contributed by atoms with Crippen molar-refractivity contribution in [2.24, 2.45) is 0 Å². The van der Waals surface area contributed by atoms with Crippen LogP contribution in [0, 0.1) is 5.82 Å². The Bertz CT molecular complexity index is 306. The highest BCUT2D eigenvalue weighted by atomic mass is 79.9. The van der Waals surface area contributed by atoms with E-state index in [2.05, 4.69) is 27.2 Å². The third-order valence-electron chi connectivity index (χ3n) is 1.69. The van der Waals surface area contributed by atoms with Gasteiger partial charge in [-0.1, -0.05) is 6.92 Å². The second-order valence-corrected chi connectivity index (χ2v) is 5.15. The summed E-state index contributed by atoms with van der Waals surface area (Å²) in [6, 6.07) is 5.06. The second-order valence-electron chi connectivity index (χ2n) is 3.02. The van der Waals surface area contributed by atoms with Crippen molar-refractivity contribution >= 4 is 27.9 Å². The smallest absolute Gasteiger partial charge is 0.137 e. The second kappa shape index (κ2) is 5.73. The highest BCUT2D eigenvalue weighted by molar-refractivity contribution is 9.10. The first-order chi connectivity index (χ1) is 6.63. The van der Waals surface area contributed by atoms with Crippen molar-refractivity contribution < 1.29 is 4.39 Å². The molecule has 0 aromatic heterocycles. The zero-order chi connectivity index (χ0) is 10.6. The van der Waals surface area contributed by atoms with Gasteiger partial charge in [0.15, 0.2) is 0 Å². The molecule has 0 aliphatic rings. The third kappa shape index (κ3) is 3.59. The molecular weight excluding hydrogens is 265 g/mol. The lowest BCUT2D eigenvalue weighted by molar-refractivity contribution is 0.559. The van der Waals surface area contributed by atoms with E-state index in [0.717, 1.165) is 17.9 Å². The van der Waals surface area contributed by atoms with Gasteiger partial charge < -0.3 is 0 Å². The molecule has 0 bridgehead atoms. The van der Waals surface area contributed by atoms with Crippen LogP contribution in [0.4, 0.5) is 4.39 Å². The minimum atomic E-state index is -0.215. The zero-order valence-corrected chi connectivity index (χ0v) is 10.7. The Kier molecular flexibility index (Phi) is 4.92. The van der Waals surface area contributed by atoms with Crippen molar-refractivity contribution in [2.75, 3.05) is 13.6 Å². The van der Waals surface area contributed by atoms with E-state index in [0.29, 0.717) is 4.47 Å². The molecule has 1 aromatic rings. The summed E-state index contributed by atoms with van der Waals surface area (Å²) in [5, 5.41) is 0. The summed E-state index contributed by atoms with van der Waals surface area (Å²) < 4.78 is 15.6. The Morgan fingerprint density at radius 3 is 2.79 bits per heavy atom. The molecule has 0 aliphatic heterocycles. The van der Waals surface area contributed by atoms with Crippen LogP contribution in [0.25, 0.3) is 0 Å². The maximum atomic E-state index is 12.9. The minimum absolute atomic E-state index is 0.215. The molecule has 0 radical (unpaired) electrons. The molecule has 1 aromatic carbocycles. The Balaban J connectivity index is 2.63. The summed E-state index contributed by atoms with van der Waals surface area (Å²) in [4.78, 5) is 1.05. The summed E-state index contributed by atoms with van der Waals surface area (Å²) >= 11 is 4.80. The van der Waals surface area contributed by atoms with E-state index in [1.54, 1.807) is 24.1 Å². The molecule has 4 heteroatoms. The van der Waals surface area contributed by atoms with Gasteiger partial charge in [-0.2, -0.15) is 0 Å². The number of benzene rings is 1. The highest BCUT2D eigenvalue weighted by Gasteiger charge is 2.03. The molecule has 1 nitrogen and oxygen atoms in total. The van der Waals surface area contributed by atoms with Crippen LogP contribution in [0.3, 0.4) is 0 Å². The van der Waals surface area contributed by atoms with Crippen molar-refractivity contribution in [3.05, 3.63) is 28.5 Å². The average Bonchev–Trinajstić information content (AvgIpc) is 2.12. The van der Waals surface area contributed by atoms with Crippen LogP contribution in [-0.4, -0.2) is 17.9 Å². The SMILES string of the molecule is CCCN(C)Sc1ccc(F)c(Br)c1. The molecule has 14 heavy (non-hydrogen) atoms. The molecular formula is C10H13BrFNS. The quantitative estimate of drug-likeness (QED) is 0.767. The summed E-state index contributed by atoms with van der Waals surface area (Å²) in [7, 11) is 2.03. The lowest BCUT2D eigenvalue weighted by Crippen LogP contribution is -2.09. The number of nitrogens with zero attached hydrogens (tertiary/aromatic N) is 1. The zero-order valence-electron chi connectivity index (χ0n) is 8.26. The summed E-state index contributed by atoms with van der Waals surface area (Å²) in [5.41, 5.74) is 0. The van der Waals surface area contributed by atoms with Crippen LogP contribution < -0.4 is 0 Å². The van der Waals surface area contributed by atoms with Gasteiger partial charge in [-0.3, -0.25) is 0 Å². The van der Waals surface area contributed by atoms with Gasteiger partial charge in [0, 0.05) is 11.4 Å². The van der Waals surface area contributed by atoms with E-state index >= 15 is 0 Å². The van der Waals surface area contributed by atoms with Gasteiger partial charge in [0.1, 0.15) is 5.82 Å². The maximum absolute atomic E-state index is 12.9. The molecule has 0 saturated heterocycles. The van der Waals surface area contributed by atoms with Crippen molar-refractivity contribution in [3.63, 3.8) is 0 Å². The largest absolute Gasteiger partial charge is 0.249 e. The number of hydrogen-bond donors (Lipinski definition) is 0. The summed E-state index contributed by atoms with van der Waals surface area (Å²) in [6.45, 7) is 3.16. The van der Waals surface area contributed by atoms with E-state index in [4.69, 9.17) is 0 Å². The maximum Gasteiger partial charge on any atom is 0.137 e. The first-order valence-electron chi connectivity index (χ1n) is 4.47. The van der Waals surface area contributed by atoms with E-state index in [-0.39, 0.29) is 5.82 Å². The van der Waals surface area contributed by atoms with E-state index in [1.165, 1.54) is 6.07 Å². The normalized spacial score (nSPS) is 10.9. The number of rotatable bonds is 4. The molecule has 0 fully saturated rings. The van der Waals surface area contributed by atoms with Crippen LogP contribution >= 0.6 is 27.9 Å². The van der Waals surface area contributed by atoms with Crippen LogP contribution in [0.15, 0.2) is 27.6 Å². The summed E-state index contributed by atoms with van der Waals surface area (Å²) in [6.07, 6.45) is 1.12. The molecule has 0 saturated carbocycles. The standard InChI is InChI=1S/C10H13BrFNS/c1-3-6-13(2)14-8-4-5-10(12)9(11)7-8/h4-5,7H,3,6H2,1-2H3. The lowest BCUT2D eigenvalue weighted by Gasteiger charge is -2.14. The monoisotopic (exact) mass is 277 g/mol. The van der Waals surface area contributed by atoms with E-state index in [9.17, 15) is 4.39 Å². The van der Waals surface area contributed by atoms with Crippen molar-refractivity contribution in [1.29, 1.82) is 0 Å². The van der Waals surface area contributed by atoms with Gasteiger partial charge in [0.05, 0.1) is 4.47 Å². The van der Waals surface area contributed by atoms with Crippen LogP contribution in [0.2, 0.25) is 0 Å². The average molecular weight is 278 g/mol.